The molecule has 4 nitrogen and oxygen atoms in total. The van der Waals surface area contributed by atoms with Gasteiger partial charge in [0.2, 0.25) is 0 Å². The summed E-state index contributed by atoms with van der Waals surface area (Å²) in [4.78, 5) is 23.7. The van der Waals surface area contributed by atoms with Crippen LogP contribution < -0.4 is 5.32 Å². The molecule has 7 heteroatoms. The van der Waals surface area contributed by atoms with Crippen molar-refractivity contribution in [2.24, 2.45) is 5.41 Å². The van der Waals surface area contributed by atoms with Gasteiger partial charge < -0.3 is 15.2 Å². The first-order valence-corrected chi connectivity index (χ1v) is 8.99. The highest BCUT2D eigenvalue weighted by molar-refractivity contribution is 5.81. The quantitative estimate of drug-likeness (QED) is 0.744. The molecule has 0 aromatic heterocycles. The summed E-state index contributed by atoms with van der Waals surface area (Å²) < 4.78 is 39.2. The minimum Gasteiger partial charge on any atom is -0.465 e. The van der Waals surface area contributed by atoms with Crippen molar-refractivity contribution in [3.63, 3.8) is 0 Å². The van der Waals surface area contributed by atoms with Crippen LogP contribution in [0.5, 0.6) is 0 Å². The van der Waals surface area contributed by atoms with E-state index >= 15 is 0 Å². The number of amides is 1. The van der Waals surface area contributed by atoms with Crippen LogP contribution in [0.4, 0.5) is 18.0 Å². The fourth-order valence-electron chi connectivity index (χ4n) is 4.45. The molecule has 0 heterocycles. The Morgan fingerprint density at radius 2 is 1.79 bits per heavy atom. The maximum atomic E-state index is 13.1. The van der Waals surface area contributed by atoms with Gasteiger partial charge in [0.1, 0.15) is 5.54 Å². The molecule has 0 aliphatic heterocycles. The van der Waals surface area contributed by atoms with Crippen LogP contribution in [0.1, 0.15) is 36.0 Å². The summed E-state index contributed by atoms with van der Waals surface area (Å²) in [5, 5.41) is 11.8. The van der Waals surface area contributed by atoms with Gasteiger partial charge in [-0.05, 0) is 66.1 Å². The standard InChI is InChI=1S/C21H18F3NO3/c22-21(23,24)16-3-1-2-14(10-16)15-5-4-13-6-7-19(8-9-19)20(12-26,17(13)11-15)25-18(27)28/h1-5,10-12,25H,6-9H2,(H,27,28)/t20-/m1/s1. The molecule has 0 radical (unpaired) electrons. The molecule has 1 amide bonds. The van der Waals surface area contributed by atoms with E-state index in [2.05, 4.69) is 5.32 Å². The lowest BCUT2D eigenvalue weighted by atomic mass is 9.66. The van der Waals surface area contributed by atoms with E-state index in [4.69, 9.17) is 0 Å². The monoisotopic (exact) mass is 389 g/mol. The Morgan fingerprint density at radius 1 is 1.07 bits per heavy atom. The molecular weight excluding hydrogens is 371 g/mol. The van der Waals surface area contributed by atoms with E-state index in [1.165, 1.54) is 6.07 Å². The summed E-state index contributed by atoms with van der Waals surface area (Å²) in [5.41, 5.74) is -0.315. The summed E-state index contributed by atoms with van der Waals surface area (Å²) in [6, 6.07) is 10.1. The molecule has 1 saturated carbocycles. The number of fused-ring (bicyclic) bond motifs is 1. The van der Waals surface area contributed by atoms with Crippen LogP contribution in [-0.2, 0) is 22.9 Å². The molecule has 2 aliphatic rings. The smallest absolute Gasteiger partial charge is 0.416 e. The van der Waals surface area contributed by atoms with Crippen molar-refractivity contribution in [1.29, 1.82) is 0 Å². The summed E-state index contributed by atoms with van der Waals surface area (Å²) in [7, 11) is 0. The van der Waals surface area contributed by atoms with Gasteiger partial charge in [-0.25, -0.2) is 4.79 Å². The van der Waals surface area contributed by atoms with Crippen LogP contribution in [0.3, 0.4) is 0 Å². The Morgan fingerprint density at radius 3 is 2.39 bits per heavy atom. The first kappa shape index (κ1) is 18.5. The van der Waals surface area contributed by atoms with Gasteiger partial charge in [-0.1, -0.05) is 24.3 Å². The molecule has 2 aliphatic carbocycles. The highest BCUT2D eigenvalue weighted by Crippen LogP contribution is 2.63. The highest BCUT2D eigenvalue weighted by atomic mass is 19.4. The van der Waals surface area contributed by atoms with E-state index < -0.39 is 28.8 Å². The van der Waals surface area contributed by atoms with Gasteiger partial charge in [0.25, 0.3) is 0 Å². The van der Waals surface area contributed by atoms with Crippen molar-refractivity contribution in [2.45, 2.75) is 37.4 Å². The second-order valence-corrected chi connectivity index (χ2v) is 7.59. The predicted octanol–water partition coefficient (Wildman–Crippen LogP) is 4.76. The van der Waals surface area contributed by atoms with Crippen molar-refractivity contribution < 1.29 is 27.9 Å². The summed E-state index contributed by atoms with van der Waals surface area (Å²) in [6.45, 7) is 0. The zero-order chi connectivity index (χ0) is 20.2. The number of carbonyl (C=O) groups excluding carboxylic acids is 1. The number of benzene rings is 2. The van der Waals surface area contributed by atoms with Gasteiger partial charge >= 0.3 is 12.3 Å². The Labute approximate surface area is 159 Å². The molecule has 1 spiro atoms. The average Bonchev–Trinajstić information content (AvgIpc) is 3.44. The van der Waals surface area contributed by atoms with Crippen LogP contribution in [-0.4, -0.2) is 17.5 Å². The molecule has 0 bridgehead atoms. The lowest BCUT2D eigenvalue weighted by molar-refractivity contribution is -0.137. The number of rotatable bonds is 3. The molecule has 4 rings (SSSR count). The molecule has 0 unspecified atom stereocenters. The number of aryl methyl sites for hydroxylation is 1. The first-order chi connectivity index (χ1) is 13.2. The third-order valence-electron chi connectivity index (χ3n) is 6.10. The second kappa shape index (κ2) is 6.09. The number of alkyl halides is 3. The Balaban J connectivity index is 1.86. The topological polar surface area (TPSA) is 66.4 Å². The lowest BCUT2D eigenvalue weighted by Crippen LogP contribution is -2.55. The van der Waals surface area contributed by atoms with E-state index in [1.54, 1.807) is 24.3 Å². The van der Waals surface area contributed by atoms with Crippen molar-refractivity contribution >= 4 is 12.4 Å². The van der Waals surface area contributed by atoms with Crippen LogP contribution in [0.15, 0.2) is 42.5 Å². The number of carboxylic acid groups (broad SMARTS) is 1. The van der Waals surface area contributed by atoms with Crippen LogP contribution in [0.25, 0.3) is 11.1 Å². The Kier molecular flexibility index (Phi) is 4.03. The molecule has 1 fully saturated rings. The van der Waals surface area contributed by atoms with Gasteiger partial charge in [-0.2, -0.15) is 13.2 Å². The Bertz CT molecular complexity index is 966. The number of hydrogen-bond donors (Lipinski definition) is 2. The predicted molar refractivity (Wildman–Crippen MR) is 95.8 cm³/mol. The molecule has 28 heavy (non-hydrogen) atoms. The maximum Gasteiger partial charge on any atom is 0.416 e. The Hall–Kier alpha value is -2.83. The number of nitrogens with one attached hydrogen (secondary N) is 1. The second-order valence-electron chi connectivity index (χ2n) is 7.59. The van der Waals surface area contributed by atoms with Crippen molar-refractivity contribution in [3.8, 4) is 11.1 Å². The lowest BCUT2D eigenvalue weighted by Gasteiger charge is -2.42. The zero-order valence-corrected chi connectivity index (χ0v) is 14.8. The van der Waals surface area contributed by atoms with Crippen LogP contribution in [0, 0.1) is 5.41 Å². The van der Waals surface area contributed by atoms with Gasteiger partial charge in [0.15, 0.2) is 6.29 Å². The fraction of sp³-hybridized carbons (Fsp3) is 0.333. The van der Waals surface area contributed by atoms with Crippen molar-refractivity contribution in [2.75, 3.05) is 0 Å². The van der Waals surface area contributed by atoms with Gasteiger partial charge in [0, 0.05) is 5.41 Å². The third kappa shape index (κ3) is 2.77. The zero-order valence-electron chi connectivity index (χ0n) is 14.8. The molecule has 2 aromatic rings. The molecule has 1 atom stereocenters. The van der Waals surface area contributed by atoms with E-state index in [-0.39, 0.29) is 0 Å². The van der Waals surface area contributed by atoms with Crippen molar-refractivity contribution in [3.05, 3.63) is 59.2 Å². The van der Waals surface area contributed by atoms with E-state index in [0.29, 0.717) is 35.8 Å². The minimum absolute atomic E-state index is 0.364. The summed E-state index contributed by atoms with van der Waals surface area (Å²) in [6.07, 6.45) is -2.23. The summed E-state index contributed by atoms with van der Waals surface area (Å²) >= 11 is 0. The third-order valence-corrected chi connectivity index (χ3v) is 6.10. The number of carbonyl (C=O) groups is 2. The fourth-order valence-corrected chi connectivity index (χ4v) is 4.45. The molecule has 0 saturated heterocycles. The van der Waals surface area contributed by atoms with Gasteiger partial charge in [-0.3, -0.25) is 0 Å². The average molecular weight is 389 g/mol. The molecule has 2 aromatic carbocycles. The maximum absolute atomic E-state index is 13.1. The number of hydrogen-bond acceptors (Lipinski definition) is 2. The highest BCUT2D eigenvalue weighted by Gasteiger charge is 2.63. The normalized spacial score (nSPS) is 22.4. The van der Waals surface area contributed by atoms with Gasteiger partial charge in [-0.15, -0.1) is 0 Å². The van der Waals surface area contributed by atoms with E-state index in [9.17, 15) is 27.9 Å². The number of halogens is 3. The van der Waals surface area contributed by atoms with E-state index in [0.717, 1.165) is 30.5 Å². The minimum atomic E-state index is -4.46. The van der Waals surface area contributed by atoms with Crippen LogP contribution in [0.2, 0.25) is 0 Å². The van der Waals surface area contributed by atoms with Crippen LogP contribution >= 0.6 is 0 Å². The molecular formula is C21H18F3NO3. The van der Waals surface area contributed by atoms with Crippen molar-refractivity contribution in [1.82, 2.24) is 5.32 Å². The van der Waals surface area contributed by atoms with E-state index in [1.807, 2.05) is 0 Å². The molecule has 2 N–H and O–H groups in total. The number of aldehydes is 1. The summed E-state index contributed by atoms with van der Waals surface area (Å²) in [5.74, 6) is 0. The molecule has 146 valence electrons. The first-order valence-electron chi connectivity index (χ1n) is 8.99. The van der Waals surface area contributed by atoms with Gasteiger partial charge in [0.05, 0.1) is 5.56 Å². The SMILES string of the molecule is O=C[C@@]1(NC(=O)O)c2cc(-c3cccc(C(F)(F)F)c3)ccc2CCC12CC2. The largest absolute Gasteiger partial charge is 0.465 e.